The molecule has 0 aromatic heterocycles. The lowest BCUT2D eigenvalue weighted by Crippen LogP contribution is -2.37. The van der Waals surface area contributed by atoms with E-state index in [9.17, 15) is 0 Å². The molecule has 0 aliphatic carbocycles. The number of fused-ring (bicyclic) bond motifs is 1. The van der Waals surface area contributed by atoms with Crippen LogP contribution in [0.4, 0.5) is 0 Å². The molecule has 0 aromatic rings. The summed E-state index contributed by atoms with van der Waals surface area (Å²) in [5.41, 5.74) is 0. The van der Waals surface area contributed by atoms with Crippen LogP contribution >= 0.6 is 11.6 Å². The third-order valence-electron chi connectivity index (χ3n) is 4.00. The summed E-state index contributed by atoms with van der Waals surface area (Å²) in [7, 11) is 0. The lowest BCUT2D eigenvalue weighted by Gasteiger charge is -2.25. The highest BCUT2D eigenvalue weighted by molar-refractivity contribution is 6.17. The first kappa shape index (κ1) is 12.7. The van der Waals surface area contributed by atoms with Crippen LogP contribution in [0.25, 0.3) is 0 Å². The van der Waals surface area contributed by atoms with E-state index in [2.05, 4.69) is 9.80 Å². The standard InChI is InChI=1S/C13H25ClN2/c14-7-2-1-3-8-15-9-5-11-16-10-4-6-13(16)12-15/h13H,1-12H2. The first-order chi connectivity index (χ1) is 7.90. The van der Waals surface area contributed by atoms with Gasteiger partial charge in [-0.05, 0) is 58.3 Å². The van der Waals surface area contributed by atoms with Gasteiger partial charge >= 0.3 is 0 Å². The topological polar surface area (TPSA) is 6.48 Å². The zero-order chi connectivity index (χ0) is 11.2. The lowest BCUT2D eigenvalue weighted by molar-refractivity contribution is 0.218. The summed E-state index contributed by atoms with van der Waals surface area (Å²) >= 11 is 5.70. The molecular formula is C13H25ClN2. The van der Waals surface area contributed by atoms with Gasteiger partial charge < -0.3 is 4.90 Å². The Hall–Kier alpha value is 0.210. The fraction of sp³-hybridized carbons (Fsp3) is 1.00. The Labute approximate surface area is 105 Å². The van der Waals surface area contributed by atoms with E-state index in [1.165, 1.54) is 71.2 Å². The molecule has 1 atom stereocenters. The molecule has 0 amide bonds. The van der Waals surface area contributed by atoms with Crippen LogP contribution in [0, 0.1) is 0 Å². The Kier molecular flexibility index (Phi) is 5.40. The quantitative estimate of drug-likeness (QED) is 0.542. The second-order valence-corrected chi connectivity index (χ2v) is 5.61. The van der Waals surface area contributed by atoms with E-state index >= 15 is 0 Å². The molecule has 0 N–H and O–H groups in total. The molecule has 2 nitrogen and oxygen atoms in total. The fourth-order valence-electron chi connectivity index (χ4n) is 3.09. The van der Waals surface area contributed by atoms with E-state index in [1.54, 1.807) is 0 Å². The van der Waals surface area contributed by atoms with Crippen molar-refractivity contribution in [2.24, 2.45) is 0 Å². The maximum absolute atomic E-state index is 5.70. The van der Waals surface area contributed by atoms with Crippen molar-refractivity contribution in [2.75, 3.05) is 38.6 Å². The minimum absolute atomic E-state index is 0.830. The van der Waals surface area contributed by atoms with Gasteiger partial charge in [0.2, 0.25) is 0 Å². The normalized spacial score (nSPS) is 27.9. The van der Waals surface area contributed by atoms with Crippen molar-refractivity contribution in [3.05, 3.63) is 0 Å². The smallest absolute Gasteiger partial charge is 0.0223 e. The number of halogens is 1. The molecule has 94 valence electrons. The number of rotatable bonds is 5. The average Bonchev–Trinajstić information content (AvgIpc) is 2.63. The highest BCUT2D eigenvalue weighted by atomic mass is 35.5. The minimum atomic E-state index is 0.830. The Morgan fingerprint density at radius 2 is 1.88 bits per heavy atom. The Morgan fingerprint density at radius 3 is 2.75 bits per heavy atom. The highest BCUT2D eigenvalue weighted by Crippen LogP contribution is 2.21. The Balaban J connectivity index is 1.69. The minimum Gasteiger partial charge on any atom is -0.302 e. The number of hydrogen-bond donors (Lipinski definition) is 0. The second kappa shape index (κ2) is 6.83. The molecule has 0 aromatic carbocycles. The van der Waals surface area contributed by atoms with E-state index in [0.29, 0.717) is 0 Å². The number of nitrogens with zero attached hydrogens (tertiary/aromatic N) is 2. The van der Waals surface area contributed by atoms with Gasteiger partial charge in [-0.1, -0.05) is 6.42 Å². The van der Waals surface area contributed by atoms with E-state index in [4.69, 9.17) is 11.6 Å². The average molecular weight is 245 g/mol. The van der Waals surface area contributed by atoms with Crippen LogP contribution in [0.15, 0.2) is 0 Å². The van der Waals surface area contributed by atoms with Crippen molar-refractivity contribution in [3.8, 4) is 0 Å². The molecule has 2 rings (SSSR count). The fourth-order valence-corrected chi connectivity index (χ4v) is 3.28. The molecule has 0 radical (unpaired) electrons. The summed E-state index contributed by atoms with van der Waals surface area (Å²) in [5, 5.41) is 0. The van der Waals surface area contributed by atoms with Crippen LogP contribution in [0.1, 0.15) is 38.5 Å². The van der Waals surface area contributed by atoms with Gasteiger partial charge in [-0.2, -0.15) is 0 Å². The number of hydrogen-bond acceptors (Lipinski definition) is 2. The maximum atomic E-state index is 5.70. The van der Waals surface area contributed by atoms with E-state index in [1.807, 2.05) is 0 Å². The first-order valence-electron chi connectivity index (χ1n) is 6.92. The predicted octanol–water partition coefficient (Wildman–Crippen LogP) is 2.57. The first-order valence-corrected chi connectivity index (χ1v) is 7.46. The third-order valence-corrected chi connectivity index (χ3v) is 4.26. The van der Waals surface area contributed by atoms with Crippen molar-refractivity contribution in [1.82, 2.24) is 9.80 Å². The SMILES string of the molecule is ClCCCCCN1CCCN2CCCC2C1. The molecular weight excluding hydrogens is 220 g/mol. The predicted molar refractivity (Wildman–Crippen MR) is 70.2 cm³/mol. The zero-order valence-corrected chi connectivity index (χ0v) is 11.1. The highest BCUT2D eigenvalue weighted by Gasteiger charge is 2.28. The summed E-state index contributed by atoms with van der Waals surface area (Å²) in [5.74, 6) is 0.830. The molecule has 2 aliphatic rings. The number of unbranched alkanes of at least 4 members (excludes halogenated alkanes) is 2. The van der Waals surface area contributed by atoms with Crippen molar-refractivity contribution >= 4 is 11.6 Å². The van der Waals surface area contributed by atoms with Gasteiger partial charge in [0.1, 0.15) is 0 Å². The molecule has 2 heterocycles. The van der Waals surface area contributed by atoms with E-state index in [0.717, 1.165) is 11.9 Å². The van der Waals surface area contributed by atoms with Crippen LogP contribution in [0.2, 0.25) is 0 Å². The zero-order valence-electron chi connectivity index (χ0n) is 10.3. The molecule has 1 unspecified atom stereocenters. The summed E-state index contributed by atoms with van der Waals surface area (Å²) in [6.45, 7) is 6.61. The lowest BCUT2D eigenvalue weighted by atomic mass is 10.2. The summed E-state index contributed by atoms with van der Waals surface area (Å²) < 4.78 is 0. The van der Waals surface area contributed by atoms with Gasteiger partial charge in [0, 0.05) is 18.5 Å². The van der Waals surface area contributed by atoms with Gasteiger partial charge in [-0.15, -0.1) is 11.6 Å². The summed E-state index contributed by atoms with van der Waals surface area (Å²) in [6, 6.07) is 0.871. The van der Waals surface area contributed by atoms with Crippen LogP contribution in [0.3, 0.4) is 0 Å². The van der Waals surface area contributed by atoms with E-state index < -0.39 is 0 Å². The van der Waals surface area contributed by atoms with E-state index in [-0.39, 0.29) is 0 Å². The monoisotopic (exact) mass is 244 g/mol. The number of alkyl halides is 1. The van der Waals surface area contributed by atoms with Gasteiger partial charge in [0.15, 0.2) is 0 Å². The Morgan fingerprint density at radius 1 is 1.00 bits per heavy atom. The van der Waals surface area contributed by atoms with Gasteiger partial charge in [-0.3, -0.25) is 4.90 Å². The second-order valence-electron chi connectivity index (χ2n) is 5.24. The van der Waals surface area contributed by atoms with Gasteiger partial charge in [0.05, 0.1) is 0 Å². The summed E-state index contributed by atoms with van der Waals surface area (Å²) in [4.78, 5) is 5.39. The maximum Gasteiger partial charge on any atom is 0.0223 e. The van der Waals surface area contributed by atoms with Crippen LogP contribution in [-0.4, -0.2) is 54.4 Å². The largest absolute Gasteiger partial charge is 0.302 e. The molecule has 0 spiro atoms. The Bertz CT molecular complexity index is 198. The van der Waals surface area contributed by atoms with Crippen LogP contribution in [0.5, 0.6) is 0 Å². The summed E-state index contributed by atoms with van der Waals surface area (Å²) in [6.07, 6.45) is 8.04. The molecule has 16 heavy (non-hydrogen) atoms. The van der Waals surface area contributed by atoms with Crippen LogP contribution in [-0.2, 0) is 0 Å². The molecule has 2 saturated heterocycles. The van der Waals surface area contributed by atoms with Gasteiger partial charge in [0.25, 0.3) is 0 Å². The van der Waals surface area contributed by atoms with Crippen molar-refractivity contribution in [1.29, 1.82) is 0 Å². The van der Waals surface area contributed by atoms with Crippen molar-refractivity contribution in [2.45, 2.75) is 44.6 Å². The molecule has 2 fully saturated rings. The van der Waals surface area contributed by atoms with Crippen LogP contribution < -0.4 is 0 Å². The van der Waals surface area contributed by atoms with Crippen molar-refractivity contribution < 1.29 is 0 Å². The van der Waals surface area contributed by atoms with Gasteiger partial charge in [-0.25, -0.2) is 0 Å². The molecule has 0 bridgehead atoms. The molecule has 2 aliphatic heterocycles. The third kappa shape index (κ3) is 3.61. The van der Waals surface area contributed by atoms with Crippen molar-refractivity contribution in [3.63, 3.8) is 0 Å². The molecule has 3 heteroatoms. The molecule has 0 saturated carbocycles.